The second-order valence-corrected chi connectivity index (χ2v) is 6.09. The van der Waals surface area contributed by atoms with Gasteiger partial charge in [-0.05, 0) is 22.5 Å². The summed E-state index contributed by atoms with van der Waals surface area (Å²) in [4.78, 5) is 0. The average Bonchev–Trinajstić information content (AvgIpc) is 1.99. The van der Waals surface area contributed by atoms with Crippen molar-refractivity contribution in [1.29, 1.82) is 0 Å². The zero-order valence-electron chi connectivity index (χ0n) is 3.47. The molecule has 0 spiro atoms. The molecule has 0 aromatic carbocycles. The third-order valence-corrected chi connectivity index (χ3v) is 3.09. The Kier molecular flexibility index (Phi) is 1.37. The molecule has 0 aromatic heterocycles. The molecule has 2 nitrogen and oxygen atoms in total. The van der Waals surface area contributed by atoms with Crippen LogP contribution in [0, 0.1) is 0 Å². The minimum Gasteiger partial charge on any atom is -0.271 e. The van der Waals surface area contributed by atoms with Gasteiger partial charge in [0.15, 0.2) is 0 Å². The first-order valence-corrected chi connectivity index (χ1v) is 5.32. The van der Waals surface area contributed by atoms with Gasteiger partial charge in [-0.2, -0.15) is 0 Å². The topological polar surface area (TPSA) is 20.1 Å². The Balaban J connectivity index is 2.52. The highest BCUT2D eigenvalue weighted by atomic mass is 35.9. The Bertz CT molecular complexity index is 117. The summed E-state index contributed by atoms with van der Waals surface area (Å²) < 4.78 is 12.0. The van der Waals surface area contributed by atoms with Gasteiger partial charge in [-0.25, -0.2) is 4.67 Å². The molecule has 0 aromatic rings. The van der Waals surface area contributed by atoms with Gasteiger partial charge in [0, 0.05) is 13.1 Å². The Morgan fingerprint density at radius 3 is 1.86 bits per heavy atom. The molecule has 0 N–H and O–H groups in total. The van der Waals surface area contributed by atoms with Crippen LogP contribution in [0.4, 0.5) is 0 Å². The zero-order valence-corrected chi connectivity index (χ0v) is 5.88. The molecule has 7 heavy (non-hydrogen) atoms. The van der Waals surface area contributed by atoms with Gasteiger partial charge in [0.1, 0.15) is 0 Å². The van der Waals surface area contributed by atoms with Crippen LogP contribution in [-0.2, 0) is 4.57 Å². The summed E-state index contributed by atoms with van der Waals surface area (Å²) in [5.41, 5.74) is 0. The smallest absolute Gasteiger partial charge is 0.271 e. The van der Waals surface area contributed by atoms with Crippen molar-refractivity contribution in [3.05, 3.63) is 0 Å². The molecule has 0 unspecified atom stereocenters. The SMILES string of the molecule is O=P(Cl)(Cl)N1CC1. The molecule has 0 amide bonds. The lowest BCUT2D eigenvalue weighted by Gasteiger charge is -1.95. The van der Waals surface area contributed by atoms with Crippen LogP contribution in [0.1, 0.15) is 0 Å². The maximum absolute atomic E-state index is 10.4. The lowest BCUT2D eigenvalue weighted by Crippen LogP contribution is -1.76. The van der Waals surface area contributed by atoms with Gasteiger partial charge in [-0.3, -0.25) is 4.57 Å². The zero-order chi connectivity index (χ0) is 5.49. The van der Waals surface area contributed by atoms with Crippen molar-refractivity contribution in [2.75, 3.05) is 13.1 Å². The van der Waals surface area contributed by atoms with E-state index in [1.54, 1.807) is 0 Å². The van der Waals surface area contributed by atoms with Crippen LogP contribution in [0.3, 0.4) is 0 Å². The van der Waals surface area contributed by atoms with Crippen LogP contribution in [-0.4, -0.2) is 17.8 Å². The van der Waals surface area contributed by atoms with Crippen LogP contribution in [0.5, 0.6) is 0 Å². The van der Waals surface area contributed by atoms with Crippen molar-refractivity contribution in [3.63, 3.8) is 0 Å². The van der Waals surface area contributed by atoms with Crippen molar-refractivity contribution in [2.24, 2.45) is 0 Å². The first kappa shape index (κ1) is 5.90. The van der Waals surface area contributed by atoms with E-state index >= 15 is 0 Å². The van der Waals surface area contributed by atoms with Crippen molar-refractivity contribution < 1.29 is 4.57 Å². The third kappa shape index (κ3) is 1.61. The predicted molar refractivity (Wildman–Crippen MR) is 30.9 cm³/mol. The van der Waals surface area contributed by atoms with Crippen LogP contribution in [0.25, 0.3) is 0 Å². The van der Waals surface area contributed by atoms with E-state index in [4.69, 9.17) is 22.5 Å². The molecule has 1 heterocycles. The van der Waals surface area contributed by atoms with Gasteiger partial charge in [0.25, 0.3) is 0 Å². The first-order chi connectivity index (χ1) is 3.11. The molecule has 1 fully saturated rings. The molecular weight excluding hydrogens is 156 g/mol. The number of halogens is 2. The highest BCUT2D eigenvalue weighted by molar-refractivity contribution is 8.07. The normalized spacial score (nSPS) is 22.6. The van der Waals surface area contributed by atoms with E-state index in [1.165, 1.54) is 4.67 Å². The lowest BCUT2D eigenvalue weighted by atomic mass is 11.0. The van der Waals surface area contributed by atoms with Gasteiger partial charge in [0.2, 0.25) is 0 Å². The molecular formula is C2H4Cl2NOP. The quantitative estimate of drug-likeness (QED) is 0.431. The molecule has 1 aliphatic rings. The molecule has 0 atom stereocenters. The van der Waals surface area contributed by atoms with Crippen LogP contribution in [0.2, 0.25) is 0 Å². The van der Waals surface area contributed by atoms with Gasteiger partial charge in [-0.1, -0.05) is 0 Å². The maximum Gasteiger partial charge on any atom is 0.322 e. The summed E-state index contributed by atoms with van der Waals surface area (Å²) in [5, 5.41) is 0. The molecule has 0 saturated carbocycles. The van der Waals surface area contributed by atoms with Crippen molar-refractivity contribution in [1.82, 2.24) is 4.67 Å². The van der Waals surface area contributed by atoms with E-state index in [1.807, 2.05) is 0 Å². The maximum atomic E-state index is 10.4. The van der Waals surface area contributed by atoms with E-state index in [0.29, 0.717) is 0 Å². The Morgan fingerprint density at radius 1 is 1.43 bits per heavy atom. The largest absolute Gasteiger partial charge is 0.322 e. The fourth-order valence-electron chi connectivity index (χ4n) is 0.278. The molecule has 42 valence electrons. The van der Waals surface area contributed by atoms with E-state index in [2.05, 4.69) is 0 Å². The van der Waals surface area contributed by atoms with Crippen LogP contribution in [0.15, 0.2) is 0 Å². The molecule has 1 rings (SSSR count). The first-order valence-electron chi connectivity index (χ1n) is 1.85. The fraction of sp³-hybridized carbons (Fsp3) is 1.00. The van der Waals surface area contributed by atoms with Crippen molar-refractivity contribution >= 4 is 28.5 Å². The van der Waals surface area contributed by atoms with Gasteiger partial charge >= 0.3 is 6.00 Å². The summed E-state index contributed by atoms with van der Waals surface area (Å²) in [6.07, 6.45) is 0. The van der Waals surface area contributed by atoms with Crippen LogP contribution < -0.4 is 0 Å². The molecule has 1 saturated heterocycles. The summed E-state index contributed by atoms with van der Waals surface area (Å²) in [6, 6.07) is 0. The van der Waals surface area contributed by atoms with E-state index in [0.717, 1.165) is 13.1 Å². The summed E-state index contributed by atoms with van der Waals surface area (Å²) >= 11 is 10.4. The second kappa shape index (κ2) is 1.63. The molecule has 0 aliphatic carbocycles. The van der Waals surface area contributed by atoms with Gasteiger partial charge in [-0.15, -0.1) is 0 Å². The number of nitrogens with zero attached hydrogens (tertiary/aromatic N) is 1. The highest BCUT2D eigenvalue weighted by Gasteiger charge is 2.33. The standard InChI is InChI=1S/C2H4Cl2NOP/c3-7(4,6)5-1-2-5/h1-2H2. The third-order valence-electron chi connectivity index (χ3n) is 0.753. The summed E-state index contributed by atoms with van der Waals surface area (Å²) in [7, 11) is 0. The monoisotopic (exact) mass is 159 g/mol. The number of hydrogen-bond acceptors (Lipinski definition) is 1. The molecule has 1 aliphatic heterocycles. The molecule has 5 heteroatoms. The van der Waals surface area contributed by atoms with Crippen molar-refractivity contribution in [3.8, 4) is 0 Å². The molecule has 0 bridgehead atoms. The van der Waals surface area contributed by atoms with Gasteiger partial charge in [0.05, 0.1) is 0 Å². The van der Waals surface area contributed by atoms with Crippen LogP contribution >= 0.6 is 28.5 Å². The number of hydrogen-bond donors (Lipinski definition) is 0. The average molecular weight is 160 g/mol. The highest BCUT2D eigenvalue weighted by Crippen LogP contribution is 2.62. The van der Waals surface area contributed by atoms with E-state index in [9.17, 15) is 4.57 Å². The number of rotatable bonds is 1. The van der Waals surface area contributed by atoms with E-state index < -0.39 is 6.00 Å². The second-order valence-electron chi connectivity index (χ2n) is 1.39. The Hall–Kier alpha value is 0.770. The van der Waals surface area contributed by atoms with E-state index in [-0.39, 0.29) is 0 Å². The molecule has 0 radical (unpaired) electrons. The van der Waals surface area contributed by atoms with Crippen molar-refractivity contribution in [2.45, 2.75) is 0 Å². The summed E-state index contributed by atoms with van der Waals surface area (Å²) in [6.45, 7) is 1.56. The lowest BCUT2D eigenvalue weighted by molar-refractivity contribution is 0.573. The Labute approximate surface area is 51.4 Å². The minimum atomic E-state index is -2.85. The summed E-state index contributed by atoms with van der Waals surface area (Å²) in [5.74, 6) is -2.85. The minimum absolute atomic E-state index is 0.782. The Morgan fingerprint density at radius 2 is 1.86 bits per heavy atom. The predicted octanol–water partition coefficient (Wildman–Crippen LogP) is 1.89. The van der Waals surface area contributed by atoms with Gasteiger partial charge < -0.3 is 0 Å². The fourth-order valence-corrected chi connectivity index (χ4v) is 1.74.